The van der Waals surface area contributed by atoms with Crippen LogP contribution in [-0.2, 0) is 9.47 Å². The lowest BCUT2D eigenvalue weighted by Crippen LogP contribution is -2.10. The Morgan fingerprint density at radius 2 is 2.19 bits per heavy atom. The molecular formula is C12H17ClO3. The third-order valence-electron chi connectivity index (χ3n) is 2.32. The van der Waals surface area contributed by atoms with Crippen LogP contribution in [0.3, 0.4) is 0 Å². The predicted molar refractivity (Wildman–Crippen MR) is 63.2 cm³/mol. The van der Waals surface area contributed by atoms with E-state index in [0.29, 0.717) is 13.2 Å². The molecule has 1 N–H and O–H groups in total. The maximum Gasteiger partial charge on any atom is 0.157 e. The number of rotatable bonds is 5. The van der Waals surface area contributed by atoms with Gasteiger partial charge < -0.3 is 14.6 Å². The van der Waals surface area contributed by atoms with Gasteiger partial charge in [0.25, 0.3) is 0 Å². The van der Waals surface area contributed by atoms with E-state index < -0.39 is 6.10 Å². The van der Waals surface area contributed by atoms with E-state index in [1.165, 1.54) is 0 Å². The monoisotopic (exact) mass is 244 g/mol. The summed E-state index contributed by atoms with van der Waals surface area (Å²) in [5, 5.41) is 9.55. The van der Waals surface area contributed by atoms with Crippen molar-refractivity contribution in [1.82, 2.24) is 0 Å². The fourth-order valence-corrected chi connectivity index (χ4v) is 1.52. The van der Waals surface area contributed by atoms with E-state index in [2.05, 4.69) is 18.4 Å². The maximum absolute atomic E-state index is 9.55. The second-order valence-electron chi connectivity index (χ2n) is 3.58. The summed E-state index contributed by atoms with van der Waals surface area (Å²) >= 11 is 5.39. The van der Waals surface area contributed by atoms with Gasteiger partial charge >= 0.3 is 0 Å². The Labute approximate surface area is 101 Å². The minimum Gasteiger partial charge on any atom is -0.376 e. The van der Waals surface area contributed by atoms with Crippen LogP contribution in [-0.4, -0.2) is 36.6 Å². The van der Waals surface area contributed by atoms with E-state index in [0.717, 1.165) is 24.8 Å². The van der Waals surface area contributed by atoms with Crippen LogP contribution in [0.5, 0.6) is 0 Å². The predicted octanol–water partition coefficient (Wildman–Crippen LogP) is 1.69. The number of ether oxygens (including phenoxy) is 2. The molecule has 0 spiro atoms. The summed E-state index contributed by atoms with van der Waals surface area (Å²) in [7, 11) is 0. The Morgan fingerprint density at radius 1 is 1.50 bits per heavy atom. The smallest absolute Gasteiger partial charge is 0.157 e. The van der Waals surface area contributed by atoms with Crippen molar-refractivity contribution in [1.29, 1.82) is 0 Å². The van der Waals surface area contributed by atoms with Gasteiger partial charge in [-0.05, 0) is 24.8 Å². The van der Waals surface area contributed by atoms with Crippen LogP contribution in [0.2, 0.25) is 0 Å². The molecule has 1 fully saturated rings. The molecule has 16 heavy (non-hydrogen) atoms. The van der Waals surface area contributed by atoms with Gasteiger partial charge in [0.05, 0.1) is 19.1 Å². The molecule has 0 aromatic heterocycles. The van der Waals surface area contributed by atoms with Gasteiger partial charge in [0.15, 0.2) is 6.29 Å². The molecule has 1 rings (SSSR count). The number of hydrogen-bond acceptors (Lipinski definition) is 3. The van der Waals surface area contributed by atoms with E-state index in [1.54, 1.807) is 0 Å². The van der Waals surface area contributed by atoms with Crippen molar-refractivity contribution < 1.29 is 14.6 Å². The van der Waals surface area contributed by atoms with Gasteiger partial charge in [-0.2, -0.15) is 0 Å². The standard InChI is InChI=1S/C12H17ClO3/c1-10(11(14)5-3-7-13)4-2-6-12-15-8-9-16-12/h11-12,14H,1-2,4,6-9H2. The Kier molecular flexibility index (Phi) is 6.51. The fraction of sp³-hybridized carbons (Fsp3) is 0.667. The van der Waals surface area contributed by atoms with E-state index in [1.807, 2.05) is 0 Å². The number of aliphatic hydroxyl groups excluding tert-OH is 1. The lowest BCUT2D eigenvalue weighted by Gasteiger charge is -2.10. The van der Waals surface area contributed by atoms with Crippen LogP contribution >= 0.6 is 11.6 Å². The average molecular weight is 245 g/mol. The molecule has 1 heterocycles. The van der Waals surface area contributed by atoms with Gasteiger partial charge in [-0.25, -0.2) is 0 Å². The third kappa shape index (κ3) is 5.00. The van der Waals surface area contributed by atoms with E-state index >= 15 is 0 Å². The zero-order valence-electron chi connectivity index (χ0n) is 9.25. The summed E-state index contributed by atoms with van der Waals surface area (Å²) in [6, 6.07) is 0. The van der Waals surface area contributed by atoms with Crippen molar-refractivity contribution in [2.24, 2.45) is 0 Å². The normalized spacial score (nSPS) is 17.9. The maximum atomic E-state index is 9.55. The third-order valence-corrected chi connectivity index (χ3v) is 2.45. The highest BCUT2D eigenvalue weighted by Crippen LogP contribution is 2.15. The molecule has 4 heteroatoms. The highest BCUT2D eigenvalue weighted by molar-refractivity contribution is 6.19. The lowest BCUT2D eigenvalue weighted by atomic mass is 10.1. The van der Waals surface area contributed by atoms with Crippen LogP contribution in [0.15, 0.2) is 12.2 Å². The molecule has 1 unspecified atom stereocenters. The highest BCUT2D eigenvalue weighted by Gasteiger charge is 2.15. The molecule has 0 aromatic rings. The van der Waals surface area contributed by atoms with Gasteiger partial charge in [0.1, 0.15) is 6.10 Å². The van der Waals surface area contributed by atoms with Gasteiger partial charge in [-0.15, -0.1) is 11.6 Å². The number of alkyl halides is 1. The number of halogens is 1. The quantitative estimate of drug-likeness (QED) is 0.454. The topological polar surface area (TPSA) is 38.7 Å². The van der Waals surface area contributed by atoms with E-state index in [-0.39, 0.29) is 12.2 Å². The van der Waals surface area contributed by atoms with E-state index in [4.69, 9.17) is 21.1 Å². The minimum absolute atomic E-state index is 0.0844. The molecule has 3 nitrogen and oxygen atoms in total. The summed E-state index contributed by atoms with van der Waals surface area (Å²) in [5.41, 5.74) is 0.718. The number of aliphatic hydroxyl groups is 1. The van der Waals surface area contributed by atoms with Crippen molar-refractivity contribution in [3.05, 3.63) is 12.2 Å². The molecule has 1 aliphatic rings. The zero-order valence-corrected chi connectivity index (χ0v) is 10.0. The Morgan fingerprint density at radius 3 is 2.81 bits per heavy atom. The first-order chi connectivity index (χ1) is 7.74. The fourth-order valence-electron chi connectivity index (χ4n) is 1.44. The Balaban J connectivity index is 2.13. The van der Waals surface area contributed by atoms with Gasteiger partial charge in [-0.3, -0.25) is 0 Å². The van der Waals surface area contributed by atoms with E-state index in [9.17, 15) is 5.11 Å². The molecule has 1 aliphatic heterocycles. The second kappa shape index (κ2) is 7.70. The first kappa shape index (κ1) is 13.5. The molecule has 0 saturated carbocycles. The minimum atomic E-state index is -0.774. The van der Waals surface area contributed by atoms with Crippen LogP contribution in [0, 0.1) is 11.8 Å². The van der Waals surface area contributed by atoms with Crippen molar-refractivity contribution >= 4 is 11.6 Å². The van der Waals surface area contributed by atoms with Crippen molar-refractivity contribution in [2.75, 3.05) is 19.1 Å². The Hall–Kier alpha value is -0.530. The van der Waals surface area contributed by atoms with Gasteiger partial charge in [-0.1, -0.05) is 18.4 Å². The van der Waals surface area contributed by atoms with Crippen LogP contribution < -0.4 is 0 Å². The average Bonchev–Trinajstić information content (AvgIpc) is 2.78. The molecule has 0 radical (unpaired) electrons. The first-order valence-electron chi connectivity index (χ1n) is 5.37. The lowest BCUT2D eigenvalue weighted by molar-refractivity contribution is -0.0476. The summed E-state index contributed by atoms with van der Waals surface area (Å²) in [6.45, 7) is 5.15. The molecule has 0 aromatic carbocycles. The summed E-state index contributed by atoms with van der Waals surface area (Å²) in [4.78, 5) is 0. The molecule has 1 saturated heterocycles. The highest BCUT2D eigenvalue weighted by atomic mass is 35.5. The molecule has 1 atom stereocenters. The Bertz CT molecular complexity index is 274. The molecular weight excluding hydrogens is 228 g/mol. The van der Waals surface area contributed by atoms with Crippen LogP contribution in [0.1, 0.15) is 19.3 Å². The second-order valence-corrected chi connectivity index (χ2v) is 3.85. The van der Waals surface area contributed by atoms with Crippen molar-refractivity contribution in [3.63, 3.8) is 0 Å². The molecule has 0 amide bonds. The van der Waals surface area contributed by atoms with Gasteiger partial charge in [0, 0.05) is 0 Å². The largest absolute Gasteiger partial charge is 0.376 e. The van der Waals surface area contributed by atoms with Gasteiger partial charge in [0.2, 0.25) is 0 Å². The summed E-state index contributed by atoms with van der Waals surface area (Å²) < 4.78 is 10.6. The van der Waals surface area contributed by atoms with Crippen molar-refractivity contribution in [2.45, 2.75) is 31.7 Å². The summed E-state index contributed by atoms with van der Waals surface area (Å²) in [5.74, 6) is 5.47. The van der Waals surface area contributed by atoms with Crippen LogP contribution in [0.25, 0.3) is 0 Å². The first-order valence-corrected chi connectivity index (χ1v) is 5.90. The number of hydrogen-bond donors (Lipinski definition) is 1. The van der Waals surface area contributed by atoms with Crippen molar-refractivity contribution in [3.8, 4) is 11.8 Å². The SMILES string of the molecule is C=C(CCCC1OCCO1)C(O)C#CCCl. The molecule has 0 bridgehead atoms. The zero-order chi connectivity index (χ0) is 11.8. The molecule has 0 aliphatic carbocycles. The molecule has 90 valence electrons. The van der Waals surface area contributed by atoms with Crippen LogP contribution in [0.4, 0.5) is 0 Å². The summed E-state index contributed by atoms with van der Waals surface area (Å²) in [6.07, 6.45) is 1.57.